The van der Waals surface area contributed by atoms with Crippen molar-refractivity contribution < 1.29 is 14.3 Å². The van der Waals surface area contributed by atoms with Crippen LogP contribution in [0.2, 0.25) is 0 Å². The van der Waals surface area contributed by atoms with Crippen LogP contribution in [0.5, 0.6) is 0 Å². The Morgan fingerprint density at radius 2 is 2.03 bits per heavy atom. The number of rotatable bonds is 6. The molecule has 0 saturated carbocycles. The van der Waals surface area contributed by atoms with Gasteiger partial charge in [-0.3, -0.25) is 9.59 Å². The maximum atomic E-state index is 13.4. The molecule has 6 heteroatoms. The Labute approximate surface area is 182 Å². The van der Waals surface area contributed by atoms with Crippen LogP contribution in [0.15, 0.2) is 24.3 Å². The summed E-state index contributed by atoms with van der Waals surface area (Å²) in [5.74, 6) is -0.225. The minimum absolute atomic E-state index is 0.0112. The van der Waals surface area contributed by atoms with Crippen LogP contribution in [0.4, 0.5) is 5.69 Å². The third-order valence-electron chi connectivity index (χ3n) is 6.16. The quantitative estimate of drug-likeness (QED) is 0.740. The number of carbonyl (C=O) groups excluding carboxylic acids is 2. The Hall–Kier alpha value is -2.18. The van der Waals surface area contributed by atoms with E-state index in [-0.39, 0.29) is 24.5 Å². The summed E-state index contributed by atoms with van der Waals surface area (Å²) in [6.07, 6.45) is 6.45. The van der Waals surface area contributed by atoms with Gasteiger partial charge in [-0.05, 0) is 81.2 Å². The number of nitrogens with one attached hydrogen (secondary N) is 1. The lowest BCUT2D eigenvalue weighted by atomic mass is 9.99. The van der Waals surface area contributed by atoms with Gasteiger partial charge in [0, 0.05) is 23.7 Å². The number of carbonyl (C=O) groups is 2. The van der Waals surface area contributed by atoms with Gasteiger partial charge in [0.1, 0.15) is 6.54 Å². The number of hydrogen-bond acceptors (Lipinski definition) is 4. The smallest absolute Gasteiger partial charge is 0.264 e. The SMILES string of the molecule is Cc1cccc(NC(=O)CN(CC2CCCO2)C(=O)c2cc3c(s2)CCCC3)c1C. The maximum absolute atomic E-state index is 13.4. The minimum atomic E-state index is -0.170. The fraction of sp³-hybridized carbons (Fsp3) is 0.500. The van der Waals surface area contributed by atoms with Gasteiger partial charge in [0.25, 0.3) is 5.91 Å². The van der Waals surface area contributed by atoms with Crippen molar-refractivity contribution in [1.82, 2.24) is 4.90 Å². The number of nitrogens with zero attached hydrogens (tertiary/aromatic N) is 1. The van der Waals surface area contributed by atoms with E-state index in [4.69, 9.17) is 4.74 Å². The third-order valence-corrected chi connectivity index (χ3v) is 7.38. The molecule has 1 N–H and O–H groups in total. The minimum Gasteiger partial charge on any atom is -0.376 e. The van der Waals surface area contributed by atoms with Crippen molar-refractivity contribution in [3.05, 3.63) is 50.7 Å². The molecule has 0 spiro atoms. The monoisotopic (exact) mass is 426 g/mol. The van der Waals surface area contributed by atoms with Crippen LogP contribution in [0.1, 0.15) is 56.9 Å². The number of amides is 2. The first-order valence-corrected chi connectivity index (χ1v) is 11.7. The van der Waals surface area contributed by atoms with E-state index >= 15 is 0 Å². The number of fused-ring (bicyclic) bond motifs is 1. The van der Waals surface area contributed by atoms with Crippen molar-refractivity contribution in [2.24, 2.45) is 0 Å². The highest BCUT2D eigenvalue weighted by molar-refractivity contribution is 7.14. The lowest BCUT2D eigenvalue weighted by molar-refractivity contribution is -0.117. The zero-order valence-corrected chi connectivity index (χ0v) is 18.6. The van der Waals surface area contributed by atoms with Crippen molar-refractivity contribution in [2.75, 3.05) is 25.0 Å². The van der Waals surface area contributed by atoms with E-state index in [2.05, 4.69) is 5.32 Å². The highest BCUT2D eigenvalue weighted by Crippen LogP contribution is 2.30. The van der Waals surface area contributed by atoms with Crippen molar-refractivity contribution in [2.45, 2.75) is 58.5 Å². The lowest BCUT2D eigenvalue weighted by Gasteiger charge is -2.25. The number of hydrogen-bond donors (Lipinski definition) is 1. The summed E-state index contributed by atoms with van der Waals surface area (Å²) >= 11 is 1.60. The molecule has 4 rings (SSSR count). The number of thiophene rings is 1. The van der Waals surface area contributed by atoms with E-state index in [0.717, 1.165) is 54.0 Å². The summed E-state index contributed by atoms with van der Waals surface area (Å²) in [7, 11) is 0. The summed E-state index contributed by atoms with van der Waals surface area (Å²) in [5.41, 5.74) is 4.29. The summed E-state index contributed by atoms with van der Waals surface area (Å²) in [6, 6.07) is 7.91. The van der Waals surface area contributed by atoms with E-state index < -0.39 is 0 Å². The van der Waals surface area contributed by atoms with Gasteiger partial charge in [-0.15, -0.1) is 11.3 Å². The van der Waals surface area contributed by atoms with Crippen LogP contribution >= 0.6 is 11.3 Å². The van der Waals surface area contributed by atoms with E-state index in [0.29, 0.717) is 6.54 Å². The summed E-state index contributed by atoms with van der Waals surface area (Å²) in [5, 5.41) is 2.99. The zero-order valence-electron chi connectivity index (χ0n) is 17.8. The van der Waals surface area contributed by atoms with E-state index in [9.17, 15) is 9.59 Å². The second-order valence-corrected chi connectivity index (χ2v) is 9.52. The van der Waals surface area contributed by atoms with Gasteiger partial charge in [0.05, 0.1) is 11.0 Å². The van der Waals surface area contributed by atoms with Crippen LogP contribution in [0, 0.1) is 13.8 Å². The predicted octanol–water partition coefficient (Wildman–Crippen LogP) is 4.50. The van der Waals surface area contributed by atoms with Crippen LogP contribution in [-0.2, 0) is 22.4 Å². The molecule has 2 heterocycles. The average Bonchev–Trinajstić information content (AvgIpc) is 3.40. The first-order valence-electron chi connectivity index (χ1n) is 10.9. The predicted molar refractivity (Wildman–Crippen MR) is 120 cm³/mol. The molecule has 2 aliphatic rings. The maximum Gasteiger partial charge on any atom is 0.264 e. The molecular formula is C24H30N2O3S. The molecule has 5 nitrogen and oxygen atoms in total. The normalized spacial score (nSPS) is 18.1. The Kier molecular flexibility index (Phi) is 6.54. The molecule has 1 unspecified atom stereocenters. The first-order chi connectivity index (χ1) is 14.5. The Bertz CT molecular complexity index is 907. The molecule has 160 valence electrons. The molecule has 0 bridgehead atoms. The molecule has 30 heavy (non-hydrogen) atoms. The van der Waals surface area contributed by atoms with E-state index in [1.807, 2.05) is 38.1 Å². The Balaban J connectivity index is 1.50. The standard InChI is InChI=1S/C24H30N2O3S/c1-16-7-5-10-20(17(16)2)25-23(27)15-26(14-19-9-6-12-29-19)24(28)22-13-18-8-3-4-11-21(18)30-22/h5,7,10,13,19H,3-4,6,8-9,11-12,14-15H2,1-2H3,(H,25,27). The number of benzene rings is 1. The van der Waals surface area contributed by atoms with Crippen molar-refractivity contribution >= 4 is 28.8 Å². The third kappa shape index (κ3) is 4.76. The van der Waals surface area contributed by atoms with Crippen LogP contribution in [-0.4, -0.2) is 42.5 Å². The number of aryl methyl sites for hydroxylation is 3. The van der Waals surface area contributed by atoms with Gasteiger partial charge in [-0.1, -0.05) is 12.1 Å². The van der Waals surface area contributed by atoms with Crippen molar-refractivity contribution in [3.8, 4) is 0 Å². The molecule has 1 aliphatic carbocycles. The Morgan fingerprint density at radius 1 is 1.20 bits per heavy atom. The second-order valence-electron chi connectivity index (χ2n) is 8.38. The van der Waals surface area contributed by atoms with Crippen molar-refractivity contribution in [1.29, 1.82) is 0 Å². The van der Waals surface area contributed by atoms with E-state index in [1.165, 1.54) is 23.3 Å². The molecule has 1 aliphatic heterocycles. The zero-order chi connectivity index (χ0) is 21.1. The van der Waals surface area contributed by atoms with Crippen LogP contribution in [0.25, 0.3) is 0 Å². The highest BCUT2D eigenvalue weighted by Gasteiger charge is 2.27. The summed E-state index contributed by atoms with van der Waals surface area (Å²) < 4.78 is 5.76. The fourth-order valence-electron chi connectivity index (χ4n) is 4.25. The van der Waals surface area contributed by atoms with E-state index in [1.54, 1.807) is 16.2 Å². The summed E-state index contributed by atoms with van der Waals surface area (Å²) in [4.78, 5) is 30.0. The number of anilines is 1. The van der Waals surface area contributed by atoms with Gasteiger partial charge >= 0.3 is 0 Å². The molecule has 1 aromatic carbocycles. The van der Waals surface area contributed by atoms with Crippen molar-refractivity contribution in [3.63, 3.8) is 0 Å². The average molecular weight is 427 g/mol. The van der Waals surface area contributed by atoms with Gasteiger partial charge in [-0.2, -0.15) is 0 Å². The highest BCUT2D eigenvalue weighted by atomic mass is 32.1. The van der Waals surface area contributed by atoms with Crippen LogP contribution in [0.3, 0.4) is 0 Å². The van der Waals surface area contributed by atoms with Gasteiger partial charge < -0.3 is 15.0 Å². The topological polar surface area (TPSA) is 58.6 Å². The molecule has 2 amide bonds. The van der Waals surface area contributed by atoms with Gasteiger partial charge in [0.15, 0.2) is 0 Å². The number of ether oxygens (including phenoxy) is 1. The molecule has 1 aromatic heterocycles. The summed E-state index contributed by atoms with van der Waals surface area (Å²) in [6.45, 7) is 5.25. The molecule has 2 aromatic rings. The fourth-order valence-corrected chi connectivity index (χ4v) is 5.48. The molecule has 1 fully saturated rings. The first kappa shape index (κ1) is 21.1. The molecule has 0 radical (unpaired) electrons. The second kappa shape index (κ2) is 9.31. The molecule has 1 atom stereocenters. The largest absolute Gasteiger partial charge is 0.376 e. The van der Waals surface area contributed by atoms with Gasteiger partial charge in [-0.25, -0.2) is 0 Å². The Morgan fingerprint density at radius 3 is 2.80 bits per heavy atom. The van der Waals surface area contributed by atoms with Gasteiger partial charge in [0.2, 0.25) is 5.91 Å². The van der Waals surface area contributed by atoms with Crippen LogP contribution < -0.4 is 5.32 Å². The lowest BCUT2D eigenvalue weighted by Crippen LogP contribution is -2.42. The molecular weight excluding hydrogens is 396 g/mol. The molecule has 1 saturated heterocycles.